The van der Waals surface area contributed by atoms with Crippen LogP contribution in [0.25, 0.3) is 0 Å². The predicted molar refractivity (Wildman–Crippen MR) is 78.1 cm³/mol. The van der Waals surface area contributed by atoms with E-state index >= 15 is 0 Å². The van der Waals surface area contributed by atoms with Crippen LogP contribution in [0.1, 0.15) is 45.4 Å². The molecule has 0 aromatic carbocycles. The van der Waals surface area contributed by atoms with E-state index < -0.39 is 0 Å². The van der Waals surface area contributed by atoms with Crippen LogP contribution in [0.4, 0.5) is 0 Å². The van der Waals surface area contributed by atoms with Gasteiger partial charge in [-0.15, -0.1) is 0 Å². The number of carbonyl (C=O) groups excluding carboxylic acids is 3. The van der Waals surface area contributed by atoms with Crippen LogP contribution < -0.4 is 0 Å². The molecule has 128 valence electrons. The molecule has 22 heavy (non-hydrogen) atoms. The van der Waals surface area contributed by atoms with Crippen LogP contribution in [-0.2, 0) is 33.3 Å². The quantitative estimate of drug-likeness (QED) is 0.290. The Labute approximate surface area is 131 Å². The second-order valence-corrected chi connectivity index (χ2v) is 4.59. The van der Waals surface area contributed by atoms with E-state index in [2.05, 4.69) is 4.74 Å². The van der Waals surface area contributed by atoms with Gasteiger partial charge in [0.2, 0.25) is 0 Å². The fraction of sp³-hybridized carbons (Fsp3) is 0.800. The first-order chi connectivity index (χ1) is 10.6. The summed E-state index contributed by atoms with van der Waals surface area (Å²) >= 11 is 0. The SMILES string of the molecule is CCCC(=O)OCCOCCOC(=O)CCCCC(=O)OC. The third kappa shape index (κ3) is 13.4. The summed E-state index contributed by atoms with van der Waals surface area (Å²) in [4.78, 5) is 33.2. The average molecular weight is 318 g/mol. The van der Waals surface area contributed by atoms with Crippen LogP contribution in [0.15, 0.2) is 0 Å². The van der Waals surface area contributed by atoms with Gasteiger partial charge in [-0.3, -0.25) is 14.4 Å². The van der Waals surface area contributed by atoms with Crippen molar-refractivity contribution in [3.63, 3.8) is 0 Å². The van der Waals surface area contributed by atoms with Crippen LogP contribution >= 0.6 is 0 Å². The lowest BCUT2D eigenvalue weighted by Crippen LogP contribution is -2.14. The van der Waals surface area contributed by atoms with Gasteiger partial charge >= 0.3 is 17.9 Å². The maximum atomic E-state index is 11.3. The van der Waals surface area contributed by atoms with Crippen LogP contribution in [0.2, 0.25) is 0 Å². The topological polar surface area (TPSA) is 88.1 Å². The Morgan fingerprint density at radius 1 is 0.727 bits per heavy atom. The largest absolute Gasteiger partial charge is 0.469 e. The monoisotopic (exact) mass is 318 g/mol. The van der Waals surface area contributed by atoms with Crippen LogP contribution in [0, 0.1) is 0 Å². The van der Waals surface area contributed by atoms with Crippen molar-refractivity contribution >= 4 is 17.9 Å². The van der Waals surface area contributed by atoms with E-state index in [1.807, 2.05) is 6.92 Å². The highest BCUT2D eigenvalue weighted by molar-refractivity contribution is 5.70. The van der Waals surface area contributed by atoms with Crippen molar-refractivity contribution in [2.45, 2.75) is 45.4 Å². The molecule has 0 aromatic heterocycles. The zero-order valence-electron chi connectivity index (χ0n) is 13.4. The van der Waals surface area contributed by atoms with Gasteiger partial charge in [-0.2, -0.15) is 0 Å². The second-order valence-electron chi connectivity index (χ2n) is 4.59. The number of hydrogen-bond donors (Lipinski definition) is 0. The number of rotatable bonds is 13. The minimum Gasteiger partial charge on any atom is -0.469 e. The molecule has 0 atom stereocenters. The predicted octanol–water partition coefficient (Wildman–Crippen LogP) is 1.62. The number of esters is 3. The molecule has 0 aliphatic heterocycles. The molecule has 0 rings (SSSR count). The Bertz CT molecular complexity index is 328. The van der Waals surface area contributed by atoms with Gasteiger partial charge in [0.15, 0.2) is 0 Å². The van der Waals surface area contributed by atoms with Crippen LogP contribution in [-0.4, -0.2) is 51.4 Å². The molecular formula is C15H26O7. The molecule has 0 saturated heterocycles. The Morgan fingerprint density at radius 3 is 1.73 bits per heavy atom. The van der Waals surface area contributed by atoms with E-state index in [4.69, 9.17) is 14.2 Å². The third-order valence-electron chi connectivity index (χ3n) is 2.68. The number of ether oxygens (including phenoxy) is 4. The van der Waals surface area contributed by atoms with E-state index in [0.717, 1.165) is 6.42 Å². The van der Waals surface area contributed by atoms with Gasteiger partial charge in [-0.25, -0.2) is 0 Å². The smallest absolute Gasteiger partial charge is 0.305 e. The fourth-order valence-electron chi connectivity index (χ4n) is 1.52. The van der Waals surface area contributed by atoms with E-state index in [0.29, 0.717) is 25.7 Å². The molecule has 0 aromatic rings. The highest BCUT2D eigenvalue weighted by atomic mass is 16.6. The van der Waals surface area contributed by atoms with E-state index in [-0.39, 0.29) is 50.8 Å². The molecule has 0 bridgehead atoms. The molecule has 0 aliphatic carbocycles. The van der Waals surface area contributed by atoms with Gasteiger partial charge in [0.25, 0.3) is 0 Å². The number of hydrogen-bond acceptors (Lipinski definition) is 7. The summed E-state index contributed by atoms with van der Waals surface area (Å²) in [6.45, 7) is 2.83. The molecule has 0 amide bonds. The van der Waals surface area contributed by atoms with Gasteiger partial charge < -0.3 is 18.9 Å². The normalized spacial score (nSPS) is 10.1. The minimum absolute atomic E-state index is 0.165. The van der Waals surface area contributed by atoms with E-state index in [1.165, 1.54) is 7.11 Å². The average Bonchev–Trinajstić information content (AvgIpc) is 2.50. The molecule has 0 radical (unpaired) electrons. The lowest BCUT2D eigenvalue weighted by Gasteiger charge is -2.07. The van der Waals surface area contributed by atoms with Crippen molar-refractivity contribution in [3.8, 4) is 0 Å². The van der Waals surface area contributed by atoms with Crippen LogP contribution in [0.5, 0.6) is 0 Å². The highest BCUT2D eigenvalue weighted by Gasteiger charge is 2.05. The summed E-state index contributed by atoms with van der Waals surface area (Å²) in [5, 5.41) is 0. The van der Waals surface area contributed by atoms with E-state index in [1.54, 1.807) is 0 Å². The van der Waals surface area contributed by atoms with Crippen molar-refractivity contribution in [2.24, 2.45) is 0 Å². The summed E-state index contributed by atoms with van der Waals surface area (Å²) in [7, 11) is 1.33. The Kier molecular flexibility index (Phi) is 13.3. The van der Waals surface area contributed by atoms with Gasteiger partial charge in [0.05, 0.1) is 20.3 Å². The summed E-state index contributed by atoms with van der Waals surface area (Å²) in [6.07, 6.45) is 2.93. The summed E-state index contributed by atoms with van der Waals surface area (Å²) in [5.41, 5.74) is 0. The minimum atomic E-state index is -0.317. The maximum Gasteiger partial charge on any atom is 0.305 e. The van der Waals surface area contributed by atoms with Gasteiger partial charge in [-0.1, -0.05) is 6.92 Å². The number of unbranched alkanes of at least 4 members (excludes halogenated alkanes) is 1. The molecule has 0 spiro atoms. The first kappa shape index (κ1) is 20.4. The van der Waals surface area contributed by atoms with Gasteiger partial charge in [-0.05, 0) is 19.3 Å². The molecular weight excluding hydrogens is 292 g/mol. The standard InChI is InChI=1S/C15H26O7/c1-3-6-14(17)21-11-9-20-10-12-22-15(18)8-5-4-7-13(16)19-2/h3-12H2,1-2H3. The van der Waals surface area contributed by atoms with Crippen LogP contribution in [0.3, 0.4) is 0 Å². The molecule has 0 aliphatic rings. The first-order valence-electron chi connectivity index (χ1n) is 7.56. The molecule has 0 N–H and O–H groups in total. The summed E-state index contributed by atoms with van der Waals surface area (Å²) in [6, 6.07) is 0. The lowest BCUT2D eigenvalue weighted by atomic mass is 10.2. The molecule has 0 heterocycles. The third-order valence-corrected chi connectivity index (χ3v) is 2.68. The van der Waals surface area contributed by atoms with E-state index in [9.17, 15) is 14.4 Å². The first-order valence-corrected chi connectivity index (χ1v) is 7.56. The second kappa shape index (κ2) is 14.3. The van der Waals surface area contributed by atoms with Crippen molar-refractivity contribution in [1.29, 1.82) is 0 Å². The summed E-state index contributed by atoms with van der Waals surface area (Å²) < 4.78 is 19.5. The molecule has 7 nitrogen and oxygen atoms in total. The maximum absolute atomic E-state index is 11.3. The summed E-state index contributed by atoms with van der Waals surface area (Å²) in [5.74, 6) is -0.825. The zero-order chi connectivity index (χ0) is 16.6. The lowest BCUT2D eigenvalue weighted by molar-refractivity contribution is -0.147. The molecule has 0 fully saturated rings. The Balaban J connectivity index is 3.31. The highest BCUT2D eigenvalue weighted by Crippen LogP contribution is 2.02. The van der Waals surface area contributed by atoms with Crippen molar-refractivity contribution in [3.05, 3.63) is 0 Å². The molecule has 0 saturated carbocycles. The fourth-order valence-corrected chi connectivity index (χ4v) is 1.52. The van der Waals surface area contributed by atoms with Gasteiger partial charge in [0.1, 0.15) is 13.2 Å². The molecule has 7 heteroatoms. The Morgan fingerprint density at radius 2 is 1.23 bits per heavy atom. The molecule has 0 unspecified atom stereocenters. The van der Waals surface area contributed by atoms with Crippen molar-refractivity contribution in [2.75, 3.05) is 33.5 Å². The van der Waals surface area contributed by atoms with Gasteiger partial charge in [0, 0.05) is 19.3 Å². The zero-order valence-corrected chi connectivity index (χ0v) is 13.4. The van der Waals surface area contributed by atoms with Crippen molar-refractivity contribution < 1.29 is 33.3 Å². The Hall–Kier alpha value is -1.63. The number of methoxy groups -OCH3 is 1. The number of carbonyl (C=O) groups is 3. The van der Waals surface area contributed by atoms with Crippen molar-refractivity contribution in [1.82, 2.24) is 0 Å².